The van der Waals surface area contributed by atoms with Crippen LogP contribution in [0.4, 0.5) is 0 Å². The van der Waals surface area contributed by atoms with Gasteiger partial charge in [-0.1, -0.05) is 33.6 Å². The summed E-state index contributed by atoms with van der Waals surface area (Å²) in [7, 11) is -1.53. The van der Waals surface area contributed by atoms with Crippen LogP contribution in [0.1, 0.15) is 78.6 Å². The van der Waals surface area contributed by atoms with Crippen molar-refractivity contribution in [1.29, 1.82) is 0 Å². The van der Waals surface area contributed by atoms with Crippen molar-refractivity contribution in [3.8, 4) is 0 Å². The van der Waals surface area contributed by atoms with E-state index in [2.05, 4.69) is 39.2 Å². The Morgan fingerprint density at radius 3 is 1.96 bits per heavy atom. The van der Waals surface area contributed by atoms with Gasteiger partial charge in [0.05, 0.1) is 0 Å². The highest BCUT2D eigenvalue weighted by molar-refractivity contribution is 6.74. The molecule has 0 unspecified atom stereocenters. The van der Waals surface area contributed by atoms with E-state index < -0.39 is 8.32 Å². The van der Waals surface area contributed by atoms with Crippen molar-refractivity contribution >= 4 is 8.32 Å². The van der Waals surface area contributed by atoms with Crippen LogP contribution in [0.25, 0.3) is 0 Å². The van der Waals surface area contributed by atoms with Crippen LogP contribution < -0.4 is 5.32 Å². The first-order valence-electron chi connectivity index (χ1n) is 11.1. The molecule has 0 amide bonds. The molecule has 4 rings (SSSR count). The number of rotatable bonds is 9. The fraction of sp³-hybridized carbons (Fsp3) is 1.00. The highest BCUT2D eigenvalue weighted by atomic mass is 28.4. The zero-order valence-corrected chi connectivity index (χ0v) is 18.6. The van der Waals surface area contributed by atoms with E-state index in [0.717, 1.165) is 36.3 Å². The Balaban J connectivity index is 1.23. The molecule has 4 aliphatic rings. The lowest BCUT2D eigenvalue weighted by Crippen LogP contribution is -2.54. The molecule has 0 aliphatic heterocycles. The summed E-state index contributed by atoms with van der Waals surface area (Å²) in [6, 6.07) is 0.870. The van der Waals surface area contributed by atoms with Gasteiger partial charge in [0.1, 0.15) is 0 Å². The molecule has 0 aromatic rings. The summed E-state index contributed by atoms with van der Waals surface area (Å²) in [6.07, 6.45) is 13.0. The number of hydrogen-bond acceptors (Lipinski definition) is 2. The molecule has 3 heteroatoms. The Kier molecular flexibility index (Phi) is 6.38. The molecule has 146 valence electrons. The first kappa shape index (κ1) is 19.9. The fourth-order valence-electron chi connectivity index (χ4n) is 5.65. The van der Waals surface area contributed by atoms with Crippen LogP contribution in [0.3, 0.4) is 0 Å². The molecule has 0 saturated heterocycles. The van der Waals surface area contributed by atoms with Crippen LogP contribution >= 0.6 is 0 Å². The van der Waals surface area contributed by atoms with Crippen LogP contribution in [0.5, 0.6) is 0 Å². The minimum absolute atomic E-state index is 0.343. The van der Waals surface area contributed by atoms with E-state index in [4.69, 9.17) is 4.43 Å². The first-order valence-corrected chi connectivity index (χ1v) is 14.0. The third-order valence-electron chi connectivity index (χ3n) is 7.95. The van der Waals surface area contributed by atoms with E-state index in [0.29, 0.717) is 5.04 Å². The van der Waals surface area contributed by atoms with Gasteiger partial charge in [-0.2, -0.15) is 0 Å². The largest absolute Gasteiger partial charge is 0.417 e. The summed E-state index contributed by atoms with van der Waals surface area (Å²) in [4.78, 5) is 0. The highest BCUT2D eigenvalue weighted by Gasteiger charge is 2.47. The Hall–Kier alpha value is 0.137. The predicted molar refractivity (Wildman–Crippen MR) is 110 cm³/mol. The van der Waals surface area contributed by atoms with E-state index in [1.165, 1.54) is 57.9 Å². The van der Waals surface area contributed by atoms with Gasteiger partial charge in [-0.05, 0) is 93.3 Å². The second-order valence-corrected chi connectivity index (χ2v) is 15.7. The van der Waals surface area contributed by atoms with Crippen LogP contribution in [-0.4, -0.2) is 27.5 Å². The van der Waals surface area contributed by atoms with Crippen molar-refractivity contribution in [3.63, 3.8) is 0 Å². The summed E-state index contributed by atoms with van der Waals surface area (Å²) in [5.74, 6) is 4.24. The molecule has 0 aromatic heterocycles. The van der Waals surface area contributed by atoms with E-state index in [1.54, 1.807) is 6.42 Å². The molecular formula is C22H43NOSi. The molecule has 0 heterocycles. The van der Waals surface area contributed by atoms with Gasteiger partial charge in [0, 0.05) is 12.6 Å². The molecule has 25 heavy (non-hydrogen) atoms. The monoisotopic (exact) mass is 365 g/mol. The molecule has 4 bridgehead atoms. The summed E-state index contributed by atoms with van der Waals surface area (Å²) in [6.45, 7) is 13.9. The lowest BCUT2D eigenvalue weighted by Gasteiger charge is -2.54. The van der Waals surface area contributed by atoms with E-state index in [-0.39, 0.29) is 0 Å². The van der Waals surface area contributed by atoms with Crippen molar-refractivity contribution in [1.82, 2.24) is 5.32 Å². The quantitative estimate of drug-likeness (QED) is 0.400. The minimum atomic E-state index is -1.53. The second-order valence-electron chi connectivity index (χ2n) is 10.9. The van der Waals surface area contributed by atoms with Gasteiger partial charge in [-0.15, -0.1) is 0 Å². The average molecular weight is 366 g/mol. The number of unbranched alkanes of at least 4 members (excludes halogenated alkanes) is 3. The van der Waals surface area contributed by atoms with Crippen LogP contribution in [-0.2, 0) is 4.43 Å². The number of nitrogens with one attached hydrogen (secondary N) is 1. The maximum absolute atomic E-state index is 6.28. The fourth-order valence-corrected chi connectivity index (χ4v) is 6.74. The normalized spacial score (nSPS) is 34.7. The highest BCUT2D eigenvalue weighted by Crippen LogP contribution is 2.53. The molecule has 0 aromatic carbocycles. The lowest BCUT2D eigenvalue weighted by atomic mass is 9.54. The molecule has 4 aliphatic carbocycles. The SMILES string of the molecule is CC(C)(C)[Si](C)(C)OCCCCCCNC1C2CC3CC(C2)CC1C3. The zero-order valence-electron chi connectivity index (χ0n) is 17.6. The van der Waals surface area contributed by atoms with Crippen LogP contribution in [0.15, 0.2) is 0 Å². The minimum Gasteiger partial charge on any atom is -0.417 e. The van der Waals surface area contributed by atoms with Crippen LogP contribution in [0.2, 0.25) is 18.1 Å². The van der Waals surface area contributed by atoms with Crippen molar-refractivity contribution in [2.75, 3.05) is 13.2 Å². The predicted octanol–water partition coefficient (Wildman–Crippen LogP) is 5.98. The van der Waals surface area contributed by atoms with Gasteiger partial charge >= 0.3 is 0 Å². The van der Waals surface area contributed by atoms with Crippen LogP contribution in [0, 0.1) is 23.7 Å². The zero-order chi connectivity index (χ0) is 18.1. The van der Waals surface area contributed by atoms with Gasteiger partial charge in [-0.25, -0.2) is 0 Å². The van der Waals surface area contributed by atoms with Crippen molar-refractivity contribution < 1.29 is 4.43 Å². The third-order valence-corrected chi connectivity index (χ3v) is 12.5. The summed E-state index contributed by atoms with van der Waals surface area (Å²) < 4.78 is 6.28. The average Bonchev–Trinajstić information content (AvgIpc) is 2.50. The summed E-state index contributed by atoms with van der Waals surface area (Å²) in [5.41, 5.74) is 0. The molecule has 4 saturated carbocycles. The van der Waals surface area contributed by atoms with Gasteiger partial charge in [0.25, 0.3) is 0 Å². The third kappa shape index (κ3) is 4.90. The topological polar surface area (TPSA) is 21.3 Å². The van der Waals surface area contributed by atoms with Crippen molar-refractivity contribution in [3.05, 3.63) is 0 Å². The lowest BCUT2D eigenvalue weighted by molar-refractivity contribution is -0.0136. The smallest absolute Gasteiger partial charge is 0.191 e. The first-order chi connectivity index (χ1) is 11.8. The Morgan fingerprint density at radius 2 is 1.40 bits per heavy atom. The molecule has 4 fully saturated rings. The molecule has 0 radical (unpaired) electrons. The van der Waals surface area contributed by atoms with Crippen molar-refractivity contribution in [2.24, 2.45) is 23.7 Å². The second kappa shape index (κ2) is 8.02. The molecule has 2 nitrogen and oxygen atoms in total. The number of hydrogen-bond donors (Lipinski definition) is 1. The molecular weight excluding hydrogens is 322 g/mol. The van der Waals surface area contributed by atoms with Gasteiger partial charge in [0.15, 0.2) is 8.32 Å². The van der Waals surface area contributed by atoms with Gasteiger partial charge in [0.2, 0.25) is 0 Å². The Morgan fingerprint density at radius 1 is 0.840 bits per heavy atom. The summed E-state index contributed by atoms with van der Waals surface area (Å²) >= 11 is 0. The van der Waals surface area contributed by atoms with Gasteiger partial charge < -0.3 is 9.74 Å². The Bertz CT molecular complexity index is 400. The maximum Gasteiger partial charge on any atom is 0.191 e. The molecule has 1 N–H and O–H groups in total. The van der Waals surface area contributed by atoms with Crippen molar-refractivity contribution in [2.45, 2.75) is 103 Å². The van der Waals surface area contributed by atoms with E-state index >= 15 is 0 Å². The molecule has 0 spiro atoms. The summed E-state index contributed by atoms with van der Waals surface area (Å²) in [5, 5.41) is 4.32. The van der Waals surface area contributed by atoms with Gasteiger partial charge in [-0.3, -0.25) is 0 Å². The maximum atomic E-state index is 6.28. The standard InChI is InChI=1S/C22H43NOSi/c1-22(2,3)25(4,5)24-11-9-7-6-8-10-23-21-19-13-17-12-18(15-19)16-20(21)14-17/h17-21,23H,6-16H2,1-5H3. The van der Waals surface area contributed by atoms with E-state index in [9.17, 15) is 0 Å². The molecule has 0 atom stereocenters. The van der Waals surface area contributed by atoms with E-state index in [1.807, 2.05) is 0 Å². The Labute approximate surface area is 158 Å².